The summed E-state index contributed by atoms with van der Waals surface area (Å²) in [7, 11) is 0. The zero-order chi connectivity index (χ0) is 13.5. The molecule has 0 aliphatic heterocycles. The molecule has 2 aromatic carbocycles. The van der Waals surface area contributed by atoms with Crippen LogP contribution in [-0.4, -0.2) is 17.8 Å². The molecule has 0 spiro atoms. The molecule has 0 fully saturated rings. The number of hydrogen-bond acceptors (Lipinski definition) is 2. The molecule has 2 atom stereocenters. The highest BCUT2D eigenvalue weighted by atomic mass is 16.3. The van der Waals surface area contributed by atoms with Crippen molar-refractivity contribution in [1.82, 2.24) is 5.32 Å². The average molecular weight is 255 g/mol. The van der Waals surface area contributed by atoms with E-state index in [9.17, 15) is 5.11 Å². The second kappa shape index (κ2) is 7.07. The topological polar surface area (TPSA) is 32.3 Å². The van der Waals surface area contributed by atoms with Gasteiger partial charge in [-0.3, -0.25) is 0 Å². The van der Waals surface area contributed by atoms with Crippen molar-refractivity contribution >= 4 is 0 Å². The summed E-state index contributed by atoms with van der Waals surface area (Å²) in [4.78, 5) is 0. The molecule has 2 aromatic rings. The van der Waals surface area contributed by atoms with Gasteiger partial charge in [0.15, 0.2) is 0 Å². The number of nitrogens with one attached hydrogen (secondary N) is 1. The molecule has 0 saturated carbocycles. The first-order chi connectivity index (χ1) is 9.31. The highest BCUT2D eigenvalue weighted by molar-refractivity contribution is 5.21. The average Bonchev–Trinajstić information content (AvgIpc) is 2.48. The van der Waals surface area contributed by atoms with E-state index in [1.54, 1.807) is 0 Å². The molecule has 0 aliphatic rings. The standard InChI is InChI=1S/C17H21NO/c1-14(18-12-15-8-4-2-5-9-15)17(13-19)16-10-6-3-7-11-16/h2-11,14,17-19H,12-13H2,1H3. The SMILES string of the molecule is CC(NCc1ccccc1)C(CO)c1ccccc1. The van der Waals surface area contributed by atoms with Crippen LogP contribution in [0.25, 0.3) is 0 Å². The van der Waals surface area contributed by atoms with Crippen LogP contribution in [0.15, 0.2) is 60.7 Å². The van der Waals surface area contributed by atoms with Crippen molar-refractivity contribution in [2.24, 2.45) is 0 Å². The van der Waals surface area contributed by atoms with Crippen molar-refractivity contribution in [1.29, 1.82) is 0 Å². The van der Waals surface area contributed by atoms with Gasteiger partial charge in [0.2, 0.25) is 0 Å². The van der Waals surface area contributed by atoms with Crippen LogP contribution in [0.3, 0.4) is 0 Å². The van der Waals surface area contributed by atoms with Crippen LogP contribution in [0, 0.1) is 0 Å². The Balaban J connectivity index is 1.96. The Morgan fingerprint density at radius 3 is 2.11 bits per heavy atom. The van der Waals surface area contributed by atoms with Crippen molar-refractivity contribution in [3.8, 4) is 0 Å². The van der Waals surface area contributed by atoms with Crippen LogP contribution in [0.2, 0.25) is 0 Å². The van der Waals surface area contributed by atoms with Crippen LogP contribution in [0.4, 0.5) is 0 Å². The lowest BCUT2D eigenvalue weighted by Gasteiger charge is -2.23. The first kappa shape index (κ1) is 13.8. The van der Waals surface area contributed by atoms with Gasteiger partial charge in [-0.1, -0.05) is 60.7 Å². The summed E-state index contributed by atoms with van der Waals surface area (Å²) in [5, 5.41) is 13.1. The van der Waals surface area contributed by atoms with Crippen molar-refractivity contribution in [3.63, 3.8) is 0 Å². The zero-order valence-corrected chi connectivity index (χ0v) is 11.3. The van der Waals surface area contributed by atoms with E-state index in [4.69, 9.17) is 0 Å². The summed E-state index contributed by atoms with van der Waals surface area (Å²) < 4.78 is 0. The van der Waals surface area contributed by atoms with Gasteiger partial charge in [0.05, 0.1) is 6.61 Å². The number of aliphatic hydroxyl groups excluding tert-OH is 1. The lowest BCUT2D eigenvalue weighted by molar-refractivity contribution is 0.239. The molecule has 2 nitrogen and oxygen atoms in total. The highest BCUT2D eigenvalue weighted by Crippen LogP contribution is 2.19. The summed E-state index contributed by atoms with van der Waals surface area (Å²) in [6, 6.07) is 20.7. The minimum atomic E-state index is 0.130. The molecule has 0 saturated heterocycles. The first-order valence-corrected chi connectivity index (χ1v) is 6.74. The van der Waals surface area contributed by atoms with Gasteiger partial charge in [-0.15, -0.1) is 0 Å². The van der Waals surface area contributed by atoms with Crippen LogP contribution in [-0.2, 0) is 6.54 Å². The van der Waals surface area contributed by atoms with Crippen LogP contribution >= 0.6 is 0 Å². The Morgan fingerprint density at radius 2 is 1.53 bits per heavy atom. The second-order valence-electron chi connectivity index (χ2n) is 4.85. The Labute approximate surface area is 115 Å². The Morgan fingerprint density at radius 1 is 0.947 bits per heavy atom. The third-order valence-corrected chi connectivity index (χ3v) is 3.50. The van der Waals surface area contributed by atoms with E-state index in [0.717, 1.165) is 6.54 Å². The predicted octanol–water partition coefficient (Wildman–Crippen LogP) is 2.94. The quantitative estimate of drug-likeness (QED) is 0.832. The Kier molecular flexibility index (Phi) is 5.13. The fourth-order valence-electron chi connectivity index (χ4n) is 2.27. The molecular formula is C17H21NO. The number of benzene rings is 2. The zero-order valence-electron chi connectivity index (χ0n) is 11.3. The lowest BCUT2D eigenvalue weighted by atomic mass is 9.93. The fraction of sp³-hybridized carbons (Fsp3) is 0.294. The fourth-order valence-corrected chi connectivity index (χ4v) is 2.27. The maximum atomic E-state index is 9.61. The van der Waals surface area contributed by atoms with E-state index < -0.39 is 0 Å². The molecular weight excluding hydrogens is 234 g/mol. The smallest absolute Gasteiger partial charge is 0.0514 e. The van der Waals surface area contributed by atoms with Gasteiger partial charge in [-0.2, -0.15) is 0 Å². The molecule has 0 amide bonds. The normalized spacial score (nSPS) is 14.0. The van der Waals surface area contributed by atoms with Gasteiger partial charge in [0.25, 0.3) is 0 Å². The second-order valence-corrected chi connectivity index (χ2v) is 4.85. The van der Waals surface area contributed by atoms with E-state index in [2.05, 4.69) is 36.5 Å². The van der Waals surface area contributed by atoms with Gasteiger partial charge in [-0.05, 0) is 18.1 Å². The molecule has 100 valence electrons. The molecule has 0 aliphatic carbocycles. The van der Waals surface area contributed by atoms with Crippen LogP contribution < -0.4 is 5.32 Å². The summed E-state index contributed by atoms with van der Waals surface area (Å²) >= 11 is 0. The molecule has 0 bridgehead atoms. The first-order valence-electron chi connectivity index (χ1n) is 6.74. The lowest BCUT2D eigenvalue weighted by Crippen LogP contribution is -2.33. The molecule has 2 heteroatoms. The molecule has 2 unspecified atom stereocenters. The minimum Gasteiger partial charge on any atom is -0.396 e. The number of hydrogen-bond donors (Lipinski definition) is 2. The third-order valence-electron chi connectivity index (χ3n) is 3.50. The molecule has 0 aromatic heterocycles. The number of aliphatic hydroxyl groups is 1. The van der Waals surface area contributed by atoms with Crippen molar-refractivity contribution in [3.05, 3.63) is 71.8 Å². The Bertz CT molecular complexity index is 469. The van der Waals surface area contributed by atoms with Gasteiger partial charge in [0.1, 0.15) is 0 Å². The maximum Gasteiger partial charge on any atom is 0.0514 e. The largest absolute Gasteiger partial charge is 0.396 e. The van der Waals surface area contributed by atoms with Gasteiger partial charge in [0, 0.05) is 18.5 Å². The van der Waals surface area contributed by atoms with Gasteiger partial charge < -0.3 is 10.4 Å². The molecule has 0 heterocycles. The molecule has 2 rings (SSSR count). The van der Waals surface area contributed by atoms with E-state index in [0.29, 0.717) is 0 Å². The van der Waals surface area contributed by atoms with Gasteiger partial charge in [-0.25, -0.2) is 0 Å². The van der Waals surface area contributed by atoms with Crippen molar-refractivity contribution in [2.75, 3.05) is 6.61 Å². The molecule has 0 radical (unpaired) electrons. The molecule has 19 heavy (non-hydrogen) atoms. The van der Waals surface area contributed by atoms with E-state index in [1.165, 1.54) is 11.1 Å². The summed E-state index contributed by atoms with van der Waals surface area (Å²) in [5.41, 5.74) is 2.44. The van der Waals surface area contributed by atoms with Gasteiger partial charge >= 0.3 is 0 Å². The summed E-state index contributed by atoms with van der Waals surface area (Å²) in [6.07, 6.45) is 0. The van der Waals surface area contributed by atoms with E-state index in [1.807, 2.05) is 36.4 Å². The predicted molar refractivity (Wildman–Crippen MR) is 79.0 cm³/mol. The van der Waals surface area contributed by atoms with Crippen molar-refractivity contribution < 1.29 is 5.11 Å². The van der Waals surface area contributed by atoms with E-state index in [-0.39, 0.29) is 18.6 Å². The summed E-state index contributed by atoms with van der Waals surface area (Å²) in [6.45, 7) is 3.11. The van der Waals surface area contributed by atoms with Crippen molar-refractivity contribution in [2.45, 2.75) is 25.4 Å². The van der Waals surface area contributed by atoms with E-state index >= 15 is 0 Å². The monoisotopic (exact) mass is 255 g/mol. The minimum absolute atomic E-state index is 0.130. The van der Waals surface area contributed by atoms with Crippen LogP contribution in [0.5, 0.6) is 0 Å². The Hall–Kier alpha value is -1.64. The maximum absolute atomic E-state index is 9.61. The summed E-state index contributed by atoms with van der Waals surface area (Å²) in [5.74, 6) is 0.130. The van der Waals surface area contributed by atoms with Crippen LogP contribution in [0.1, 0.15) is 24.0 Å². The molecule has 2 N–H and O–H groups in total. The highest BCUT2D eigenvalue weighted by Gasteiger charge is 2.17. The third kappa shape index (κ3) is 3.91. The number of rotatable bonds is 6.